The van der Waals surface area contributed by atoms with E-state index in [9.17, 15) is 4.79 Å². The molecule has 0 fully saturated rings. The van der Waals surface area contributed by atoms with E-state index < -0.39 is 0 Å². The molecule has 0 amide bonds. The summed E-state index contributed by atoms with van der Waals surface area (Å²) in [5.41, 5.74) is 2.60. The topological polar surface area (TPSA) is 50.1 Å². The Morgan fingerprint density at radius 3 is 2.75 bits per heavy atom. The summed E-state index contributed by atoms with van der Waals surface area (Å²) in [4.78, 5) is 11.2. The molecule has 1 aromatic rings. The number of esters is 1. The monoisotopic (exact) mass is 329 g/mol. The van der Waals surface area contributed by atoms with Gasteiger partial charge in [-0.25, -0.2) is 0 Å². The minimum absolute atomic E-state index is 0.257. The van der Waals surface area contributed by atoms with Crippen molar-refractivity contribution in [1.29, 1.82) is 5.26 Å². The van der Waals surface area contributed by atoms with Gasteiger partial charge in [0.2, 0.25) is 0 Å². The Labute approximate surface area is 109 Å². The second-order valence-electron chi connectivity index (χ2n) is 3.28. The van der Waals surface area contributed by atoms with Crippen molar-refractivity contribution in [2.24, 2.45) is 0 Å². The lowest BCUT2D eigenvalue weighted by Crippen LogP contribution is -2.07. The van der Waals surface area contributed by atoms with Crippen molar-refractivity contribution in [3.05, 3.63) is 32.4 Å². The van der Waals surface area contributed by atoms with Gasteiger partial charge in [-0.15, -0.1) is 0 Å². The molecule has 0 aliphatic heterocycles. The Balaban J connectivity index is 3.15. The van der Waals surface area contributed by atoms with Gasteiger partial charge < -0.3 is 4.74 Å². The van der Waals surface area contributed by atoms with Gasteiger partial charge in [0.25, 0.3) is 0 Å². The van der Waals surface area contributed by atoms with Crippen LogP contribution in [0.2, 0.25) is 0 Å². The Morgan fingerprint density at radius 2 is 2.25 bits per heavy atom. The lowest BCUT2D eigenvalue weighted by molar-refractivity contribution is -0.139. The molecule has 16 heavy (non-hydrogen) atoms. The smallest absolute Gasteiger partial charge is 0.310 e. The van der Waals surface area contributed by atoms with Crippen LogP contribution in [0.4, 0.5) is 0 Å². The zero-order valence-electron chi connectivity index (χ0n) is 9.21. The summed E-state index contributed by atoms with van der Waals surface area (Å²) in [6, 6.07) is 5.74. The molecule has 3 nitrogen and oxygen atoms in total. The minimum atomic E-state index is -0.260. The average Bonchev–Trinajstić information content (AvgIpc) is 2.31. The molecule has 0 radical (unpaired) electrons. The fourth-order valence-electron chi connectivity index (χ4n) is 1.48. The van der Waals surface area contributed by atoms with Crippen molar-refractivity contribution in [3.8, 4) is 6.07 Å². The van der Waals surface area contributed by atoms with Gasteiger partial charge in [-0.1, -0.05) is 13.0 Å². The van der Waals surface area contributed by atoms with Crippen LogP contribution in [0.3, 0.4) is 0 Å². The van der Waals surface area contributed by atoms with Crippen molar-refractivity contribution in [3.63, 3.8) is 0 Å². The third-order valence-corrected chi connectivity index (χ3v) is 3.70. The van der Waals surface area contributed by atoms with Crippen molar-refractivity contribution < 1.29 is 9.53 Å². The van der Waals surface area contributed by atoms with E-state index >= 15 is 0 Å². The molecule has 4 heteroatoms. The maximum atomic E-state index is 11.2. The Morgan fingerprint density at radius 1 is 1.56 bits per heavy atom. The second-order valence-corrected chi connectivity index (χ2v) is 4.36. The number of rotatable bonds is 3. The lowest BCUT2D eigenvalue weighted by Gasteiger charge is -2.09. The summed E-state index contributed by atoms with van der Waals surface area (Å²) < 4.78 is 5.62. The molecular formula is C12H12INO2. The van der Waals surface area contributed by atoms with E-state index in [0.29, 0.717) is 5.56 Å². The SMILES string of the molecule is CCc1c(C#N)ccc(CC(=O)OC)c1I. The quantitative estimate of drug-likeness (QED) is 0.632. The fourth-order valence-corrected chi connectivity index (χ4v) is 2.53. The summed E-state index contributed by atoms with van der Waals surface area (Å²) in [5.74, 6) is -0.260. The highest BCUT2D eigenvalue weighted by atomic mass is 127. The van der Waals surface area contributed by atoms with Crippen molar-refractivity contribution >= 4 is 28.6 Å². The molecule has 0 spiro atoms. The number of nitriles is 1. The third kappa shape index (κ3) is 2.73. The van der Waals surface area contributed by atoms with E-state index in [1.54, 1.807) is 6.07 Å². The fraction of sp³-hybridized carbons (Fsp3) is 0.333. The van der Waals surface area contributed by atoms with Crippen molar-refractivity contribution in [1.82, 2.24) is 0 Å². The number of hydrogen-bond donors (Lipinski definition) is 0. The molecule has 0 N–H and O–H groups in total. The molecule has 0 heterocycles. The zero-order valence-corrected chi connectivity index (χ0v) is 11.4. The molecule has 0 saturated heterocycles. The molecule has 0 bridgehead atoms. The van der Waals surface area contributed by atoms with Gasteiger partial charge in [0.1, 0.15) is 0 Å². The van der Waals surface area contributed by atoms with Crippen LogP contribution in [-0.2, 0) is 22.4 Å². The number of hydrogen-bond acceptors (Lipinski definition) is 3. The Bertz CT molecular complexity index is 449. The van der Waals surface area contributed by atoms with Crippen LogP contribution in [-0.4, -0.2) is 13.1 Å². The highest BCUT2D eigenvalue weighted by Crippen LogP contribution is 2.22. The number of carbonyl (C=O) groups excluding carboxylic acids is 1. The van der Waals surface area contributed by atoms with Crippen LogP contribution in [0.15, 0.2) is 12.1 Å². The zero-order chi connectivity index (χ0) is 12.1. The first-order valence-electron chi connectivity index (χ1n) is 4.91. The number of benzene rings is 1. The molecule has 0 atom stereocenters. The summed E-state index contributed by atoms with van der Waals surface area (Å²) in [5, 5.41) is 8.95. The second kappa shape index (κ2) is 5.85. The molecule has 0 aliphatic rings. The minimum Gasteiger partial charge on any atom is -0.469 e. The van der Waals surface area contributed by atoms with Gasteiger partial charge in [0.15, 0.2) is 0 Å². The number of halogens is 1. The Hall–Kier alpha value is -1.09. The first-order valence-corrected chi connectivity index (χ1v) is 5.99. The molecule has 84 valence electrons. The summed E-state index contributed by atoms with van der Waals surface area (Å²) in [6.45, 7) is 2.00. The van der Waals surface area contributed by atoms with Gasteiger partial charge in [-0.05, 0) is 46.2 Å². The van der Waals surface area contributed by atoms with Gasteiger partial charge >= 0.3 is 5.97 Å². The number of methoxy groups -OCH3 is 1. The first kappa shape index (κ1) is 13.0. The maximum Gasteiger partial charge on any atom is 0.310 e. The molecule has 0 aromatic heterocycles. The number of ether oxygens (including phenoxy) is 1. The normalized spacial score (nSPS) is 9.62. The largest absolute Gasteiger partial charge is 0.469 e. The predicted molar refractivity (Wildman–Crippen MR) is 69.0 cm³/mol. The van der Waals surface area contributed by atoms with E-state index in [1.807, 2.05) is 13.0 Å². The van der Waals surface area contributed by atoms with Gasteiger partial charge in [0, 0.05) is 3.57 Å². The molecule has 1 aromatic carbocycles. The van der Waals surface area contributed by atoms with E-state index in [1.165, 1.54) is 7.11 Å². The van der Waals surface area contributed by atoms with E-state index in [2.05, 4.69) is 33.4 Å². The van der Waals surface area contributed by atoms with Crippen molar-refractivity contribution in [2.45, 2.75) is 19.8 Å². The van der Waals surface area contributed by atoms with E-state index in [-0.39, 0.29) is 12.4 Å². The van der Waals surface area contributed by atoms with Gasteiger partial charge in [0.05, 0.1) is 25.2 Å². The van der Waals surface area contributed by atoms with Crippen LogP contribution >= 0.6 is 22.6 Å². The van der Waals surface area contributed by atoms with Gasteiger partial charge in [-0.3, -0.25) is 4.79 Å². The van der Waals surface area contributed by atoms with E-state index in [4.69, 9.17) is 5.26 Å². The number of carbonyl (C=O) groups is 1. The van der Waals surface area contributed by atoms with Crippen LogP contribution in [0.25, 0.3) is 0 Å². The third-order valence-electron chi connectivity index (χ3n) is 2.36. The summed E-state index contributed by atoms with van der Waals surface area (Å²) in [7, 11) is 1.37. The van der Waals surface area contributed by atoms with Crippen LogP contribution in [0, 0.1) is 14.9 Å². The first-order chi connectivity index (χ1) is 7.63. The summed E-state index contributed by atoms with van der Waals surface area (Å²) >= 11 is 2.18. The van der Waals surface area contributed by atoms with E-state index in [0.717, 1.165) is 21.1 Å². The maximum absolute atomic E-state index is 11.2. The molecule has 1 rings (SSSR count). The average molecular weight is 329 g/mol. The van der Waals surface area contributed by atoms with Crippen molar-refractivity contribution in [2.75, 3.05) is 7.11 Å². The highest BCUT2D eigenvalue weighted by molar-refractivity contribution is 14.1. The lowest BCUT2D eigenvalue weighted by atomic mass is 10.0. The molecule has 0 aliphatic carbocycles. The van der Waals surface area contributed by atoms with Crippen LogP contribution < -0.4 is 0 Å². The van der Waals surface area contributed by atoms with Crippen LogP contribution in [0.5, 0.6) is 0 Å². The molecule has 0 unspecified atom stereocenters. The Kier molecular flexibility index (Phi) is 4.74. The standard InChI is InChI=1S/C12H12INO2/c1-3-10-9(7-14)5-4-8(12(10)13)6-11(15)16-2/h4-5H,3,6H2,1-2H3. The molecule has 0 saturated carbocycles. The highest BCUT2D eigenvalue weighted by Gasteiger charge is 2.12. The predicted octanol–water partition coefficient (Wildman–Crippen LogP) is 2.44. The van der Waals surface area contributed by atoms with Crippen LogP contribution in [0.1, 0.15) is 23.6 Å². The summed E-state index contributed by atoms with van der Waals surface area (Å²) in [6.07, 6.45) is 1.05. The van der Waals surface area contributed by atoms with Gasteiger partial charge in [-0.2, -0.15) is 5.26 Å². The number of nitrogens with zero attached hydrogens (tertiary/aromatic N) is 1. The molecular weight excluding hydrogens is 317 g/mol.